The number of hydrogen-bond donors (Lipinski definition) is 3. The number of aromatic nitrogens is 1. The highest BCUT2D eigenvalue weighted by Gasteiger charge is 2.38. The molecule has 3 rings (SSSR count). The molecule has 1 heterocycles. The lowest BCUT2D eigenvalue weighted by atomic mass is 10.2. The molecule has 160 valence electrons. The van der Waals surface area contributed by atoms with Gasteiger partial charge in [0.15, 0.2) is 5.58 Å². The van der Waals surface area contributed by atoms with Crippen LogP contribution in [0.5, 0.6) is 0 Å². The lowest BCUT2D eigenvalue weighted by Gasteiger charge is -2.06. The Hall–Kier alpha value is -3.47. The fourth-order valence-corrected chi connectivity index (χ4v) is 2.39. The van der Waals surface area contributed by atoms with Gasteiger partial charge < -0.3 is 20.6 Å². The van der Waals surface area contributed by atoms with Gasteiger partial charge in [0.05, 0.1) is 5.52 Å². The summed E-state index contributed by atoms with van der Waals surface area (Å²) in [6, 6.07) is 12.0. The Morgan fingerprint density at radius 3 is 2.33 bits per heavy atom. The van der Waals surface area contributed by atoms with E-state index in [-0.39, 0.29) is 12.5 Å². The van der Waals surface area contributed by atoms with Crippen molar-refractivity contribution < 1.29 is 32.3 Å². The molecule has 0 aliphatic rings. The minimum absolute atomic E-state index is 0.123. The zero-order valence-corrected chi connectivity index (χ0v) is 15.8. The summed E-state index contributed by atoms with van der Waals surface area (Å²) < 4.78 is 38.1. The van der Waals surface area contributed by atoms with Crippen molar-refractivity contribution in [2.45, 2.75) is 19.3 Å². The highest BCUT2D eigenvalue weighted by atomic mass is 35.5. The van der Waals surface area contributed by atoms with Crippen molar-refractivity contribution in [1.29, 1.82) is 0 Å². The number of hydrogen-bond acceptors (Lipinski definition) is 5. The molecule has 4 N–H and O–H groups in total. The van der Waals surface area contributed by atoms with Gasteiger partial charge in [0.25, 0.3) is 0 Å². The van der Waals surface area contributed by atoms with Crippen LogP contribution in [0.25, 0.3) is 11.1 Å². The summed E-state index contributed by atoms with van der Waals surface area (Å²) in [5, 5.41) is 10.3. The number of carbonyl (C=O) groups is 2. The number of carbonyl (C=O) groups excluding carboxylic acids is 1. The Bertz CT molecular complexity index is 1110. The van der Waals surface area contributed by atoms with Crippen LogP contribution in [0.15, 0.2) is 51.7 Å². The van der Waals surface area contributed by atoms with Gasteiger partial charge >= 0.3 is 17.9 Å². The van der Waals surface area contributed by atoms with E-state index in [0.717, 1.165) is 5.56 Å². The number of carboxylic acids is 1. The van der Waals surface area contributed by atoms with Crippen LogP contribution in [0, 0.1) is 0 Å². The number of oxazole rings is 1. The molecular weight excluding hydrogens is 431 g/mol. The van der Waals surface area contributed by atoms with Gasteiger partial charge in [-0.05, 0) is 29.8 Å². The van der Waals surface area contributed by atoms with Gasteiger partial charge in [0.2, 0.25) is 5.91 Å². The largest absolute Gasteiger partial charge is 0.490 e. The predicted octanol–water partition coefficient (Wildman–Crippen LogP) is 2.78. The number of nitrogens with two attached hydrogens (primary N) is 1. The number of nitrogens with zero attached hydrogens (tertiary/aromatic N) is 1. The van der Waals surface area contributed by atoms with Crippen LogP contribution in [0.4, 0.5) is 18.9 Å². The van der Waals surface area contributed by atoms with Crippen molar-refractivity contribution >= 4 is 40.3 Å². The van der Waals surface area contributed by atoms with E-state index in [4.69, 9.17) is 31.7 Å². The molecule has 0 unspecified atom stereocenters. The van der Waals surface area contributed by atoms with Gasteiger partial charge in [0.1, 0.15) is 6.54 Å². The van der Waals surface area contributed by atoms with E-state index in [0.29, 0.717) is 28.4 Å². The number of amides is 1. The van der Waals surface area contributed by atoms with Crippen molar-refractivity contribution in [3.05, 3.63) is 63.6 Å². The van der Waals surface area contributed by atoms with Gasteiger partial charge in [-0.1, -0.05) is 23.7 Å². The van der Waals surface area contributed by atoms with E-state index in [1.807, 2.05) is 12.1 Å². The highest BCUT2D eigenvalue weighted by Crippen LogP contribution is 2.18. The monoisotopic (exact) mass is 445 g/mol. The highest BCUT2D eigenvalue weighted by molar-refractivity contribution is 6.31. The number of rotatable bonds is 4. The summed E-state index contributed by atoms with van der Waals surface area (Å²) >= 11 is 5.86. The number of benzene rings is 2. The van der Waals surface area contributed by atoms with Gasteiger partial charge in [-0.25, -0.2) is 9.59 Å². The normalized spacial score (nSPS) is 10.9. The van der Waals surface area contributed by atoms with E-state index in [2.05, 4.69) is 5.32 Å². The number of carboxylic acid groups (broad SMARTS) is 1. The third-order valence-corrected chi connectivity index (χ3v) is 3.88. The molecule has 0 bridgehead atoms. The summed E-state index contributed by atoms with van der Waals surface area (Å²) in [4.78, 5) is 32.8. The number of aliphatic carboxylic acids is 1. The fourth-order valence-electron chi connectivity index (χ4n) is 2.23. The van der Waals surface area contributed by atoms with E-state index < -0.39 is 17.9 Å². The molecule has 1 amide bonds. The van der Waals surface area contributed by atoms with Crippen LogP contribution in [0.3, 0.4) is 0 Å². The van der Waals surface area contributed by atoms with Crippen molar-refractivity contribution in [3.8, 4) is 0 Å². The average Bonchev–Trinajstić information content (AvgIpc) is 2.95. The molecule has 0 spiro atoms. The zero-order chi connectivity index (χ0) is 22.5. The maximum atomic E-state index is 12.1. The van der Waals surface area contributed by atoms with Crippen LogP contribution >= 0.6 is 11.6 Å². The smallest absolute Gasteiger partial charge is 0.475 e. The molecule has 1 aromatic heterocycles. The van der Waals surface area contributed by atoms with E-state index in [9.17, 15) is 22.8 Å². The molecule has 0 saturated carbocycles. The average molecular weight is 446 g/mol. The summed E-state index contributed by atoms with van der Waals surface area (Å²) in [6.45, 7) is 0.234. The van der Waals surface area contributed by atoms with Crippen LogP contribution < -0.4 is 16.8 Å². The van der Waals surface area contributed by atoms with E-state index in [1.54, 1.807) is 30.3 Å². The number of nitrogen functional groups attached to an aromatic ring is 1. The molecule has 2 aromatic carbocycles. The molecule has 8 nitrogen and oxygen atoms in total. The van der Waals surface area contributed by atoms with Gasteiger partial charge in [-0.2, -0.15) is 13.2 Å². The fraction of sp³-hybridized carbons (Fsp3) is 0.167. The minimum atomic E-state index is -5.08. The maximum absolute atomic E-state index is 12.1. The summed E-state index contributed by atoms with van der Waals surface area (Å²) in [6.07, 6.45) is -5.08. The first-order valence-electron chi connectivity index (χ1n) is 8.17. The van der Waals surface area contributed by atoms with Crippen molar-refractivity contribution in [3.63, 3.8) is 0 Å². The van der Waals surface area contributed by atoms with Crippen molar-refractivity contribution in [2.24, 2.45) is 0 Å². The molecule has 0 radical (unpaired) electrons. The molecular formula is C18H15ClF3N3O5. The first-order chi connectivity index (χ1) is 14.0. The molecule has 3 aromatic rings. The van der Waals surface area contributed by atoms with Crippen LogP contribution in [-0.2, 0) is 22.7 Å². The number of nitrogens with one attached hydrogen (secondary N) is 1. The predicted molar refractivity (Wildman–Crippen MR) is 102 cm³/mol. The summed E-state index contributed by atoms with van der Waals surface area (Å²) in [5.74, 6) is -3.64. The Morgan fingerprint density at radius 2 is 1.77 bits per heavy atom. The Kier molecular flexibility index (Phi) is 7.11. The molecule has 12 heteroatoms. The number of anilines is 1. The molecule has 0 atom stereocenters. The Morgan fingerprint density at radius 1 is 1.17 bits per heavy atom. The van der Waals surface area contributed by atoms with Crippen molar-refractivity contribution in [1.82, 2.24) is 9.88 Å². The molecule has 30 heavy (non-hydrogen) atoms. The molecule has 0 aliphatic carbocycles. The molecule has 0 saturated heterocycles. The van der Waals surface area contributed by atoms with E-state index in [1.165, 1.54) is 4.57 Å². The lowest BCUT2D eigenvalue weighted by molar-refractivity contribution is -0.192. The quantitative estimate of drug-likeness (QED) is 0.530. The number of alkyl halides is 3. The van der Waals surface area contributed by atoms with Crippen LogP contribution in [0.1, 0.15) is 5.56 Å². The first kappa shape index (κ1) is 22.8. The standard InChI is InChI=1S/C16H14ClN3O3.C2HF3O2/c17-11-3-6-13-14(7-11)23-16(22)20(13)9-15(21)19-8-10-1-4-12(18)5-2-10;3-2(4,5)1(6)7/h1-7H,8-9,18H2,(H,19,21);(H,6,7). The summed E-state index contributed by atoms with van der Waals surface area (Å²) in [7, 11) is 0. The number of fused-ring (bicyclic) bond motifs is 1. The SMILES string of the molecule is Nc1ccc(CNC(=O)Cn2c(=O)oc3cc(Cl)ccc32)cc1.O=C(O)C(F)(F)F. The summed E-state index contributed by atoms with van der Waals surface area (Å²) in [5.41, 5.74) is 8.08. The Balaban J connectivity index is 0.000000396. The maximum Gasteiger partial charge on any atom is 0.490 e. The third-order valence-electron chi connectivity index (χ3n) is 3.64. The van der Waals surface area contributed by atoms with Gasteiger partial charge in [0, 0.05) is 23.3 Å². The third kappa shape index (κ3) is 6.27. The lowest BCUT2D eigenvalue weighted by Crippen LogP contribution is -2.30. The zero-order valence-electron chi connectivity index (χ0n) is 15.1. The van der Waals surface area contributed by atoms with Crippen LogP contribution in [-0.4, -0.2) is 27.7 Å². The van der Waals surface area contributed by atoms with Gasteiger partial charge in [-0.15, -0.1) is 0 Å². The first-order valence-corrected chi connectivity index (χ1v) is 8.55. The second kappa shape index (κ2) is 9.35. The number of halogens is 4. The minimum Gasteiger partial charge on any atom is -0.475 e. The Labute approximate surface area is 171 Å². The molecule has 0 aliphatic heterocycles. The molecule has 0 fully saturated rings. The van der Waals surface area contributed by atoms with Crippen LogP contribution in [0.2, 0.25) is 5.02 Å². The van der Waals surface area contributed by atoms with Crippen molar-refractivity contribution in [2.75, 3.05) is 5.73 Å². The van der Waals surface area contributed by atoms with Gasteiger partial charge in [-0.3, -0.25) is 9.36 Å². The second-order valence-electron chi connectivity index (χ2n) is 5.89. The second-order valence-corrected chi connectivity index (χ2v) is 6.32. The van der Waals surface area contributed by atoms with E-state index >= 15 is 0 Å². The topological polar surface area (TPSA) is 128 Å².